The third-order valence-corrected chi connectivity index (χ3v) is 27.7. The lowest BCUT2D eigenvalue weighted by Gasteiger charge is -2.45. The van der Waals surface area contributed by atoms with Gasteiger partial charge in [0.1, 0.15) is 23.0 Å². The summed E-state index contributed by atoms with van der Waals surface area (Å²) in [6, 6.07) is 128. The van der Waals surface area contributed by atoms with Crippen molar-refractivity contribution in [3.8, 4) is 23.0 Å². The normalized spacial score (nSPS) is 13.2. The second-order valence-electron chi connectivity index (χ2n) is 32.7. The van der Waals surface area contributed by atoms with Crippen LogP contribution in [0.4, 0.5) is 114 Å². The van der Waals surface area contributed by atoms with E-state index in [1.165, 1.54) is 85.3 Å². The molecule has 1 N–H and O–H groups in total. The Balaban J connectivity index is 0.813. The zero-order valence-corrected chi connectivity index (χ0v) is 68.6. The molecule has 0 bridgehead atoms. The van der Waals surface area contributed by atoms with Gasteiger partial charge in [0.15, 0.2) is 0 Å². The first-order chi connectivity index (χ1) is 59.0. The molecule has 2 aromatic heterocycles. The minimum absolute atomic E-state index is 0.213. The molecule has 14 heteroatoms. The number of benzene rings is 16. The smallest absolute Gasteiger partial charge is 0.268 e. The summed E-state index contributed by atoms with van der Waals surface area (Å²) >= 11 is 3.78. The van der Waals surface area contributed by atoms with Gasteiger partial charge in [-0.05, 0) is 235 Å². The molecule has 6 aliphatic rings. The van der Waals surface area contributed by atoms with E-state index in [1.807, 2.05) is 22.7 Å². The molecular weight excluding hydrogens is 1500 g/mol. The summed E-state index contributed by atoms with van der Waals surface area (Å²) in [6.45, 7) is 12.8. The van der Waals surface area contributed by atoms with E-state index >= 15 is 0 Å². The molecule has 24 rings (SSSR count). The molecule has 0 aliphatic carbocycles. The molecular formula is C106H76B3N7O2S2. The van der Waals surface area contributed by atoms with Crippen molar-refractivity contribution < 1.29 is 9.47 Å². The number of fused-ring (bicyclic) bond motifs is 16. The molecule has 0 saturated heterocycles. The Morgan fingerprint density at radius 2 is 0.658 bits per heavy atom. The maximum absolute atomic E-state index is 8.21. The minimum atomic E-state index is -0.381. The van der Waals surface area contributed by atoms with Crippen LogP contribution in [0.1, 0.15) is 33.4 Å². The summed E-state index contributed by atoms with van der Waals surface area (Å²) in [7, 11) is 0. The van der Waals surface area contributed by atoms with Gasteiger partial charge in [0, 0.05) is 128 Å². The summed E-state index contributed by atoms with van der Waals surface area (Å²) in [5, 5.41) is 6.70. The first kappa shape index (κ1) is 70.1. The number of hydrogen-bond donors (Lipinski definition) is 1. The van der Waals surface area contributed by atoms with Crippen LogP contribution in [0, 0.1) is 41.5 Å². The molecule has 8 heterocycles. The molecule has 0 saturated carbocycles. The van der Waals surface area contributed by atoms with Crippen molar-refractivity contribution in [2.24, 2.45) is 0 Å². The van der Waals surface area contributed by atoms with E-state index in [2.05, 4.69) is 422 Å². The maximum Gasteiger partial charge on any atom is 0.268 e. The van der Waals surface area contributed by atoms with Crippen molar-refractivity contribution in [1.29, 1.82) is 0 Å². The number of rotatable bonds is 12. The van der Waals surface area contributed by atoms with Crippen LogP contribution >= 0.6 is 22.7 Å². The lowest BCUT2D eigenvalue weighted by atomic mass is 9.30. The molecule has 120 heavy (non-hydrogen) atoms. The average Bonchev–Trinajstić information content (AvgIpc) is 1.08. The predicted molar refractivity (Wildman–Crippen MR) is 510 cm³/mol. The Labute approximate surface area is 707 Å². The molecule has 0 radical (unpaired) electrons. The second-order valence-corrected chi connectivity index (χ2v) is 34.9. The summed E-state index contributed by atoms with van der Waals surface area (Å²) in [6.07, 6.45) is 0. The molecule has 9 nitrogen and oxygen atoms in total. The van der Waals surface area contributed by atoms with E-state index in [9.17, 15) is 0 Å². The third kappa shape index (κ3) is 10.7. The van der Waals surface area contributed by atoms with Gasteiger partial charge in [0.2, 0.25) is 0 Å². The van der Waals surface area contributed by atoms with Crippen LogP contribution in [0.2, 0.25) is 0 Å². The van der Waals surface area contributed by atoms with Gasteiger partial charge >= 0.3 is 0 Å². The predicted octanol–water partition coefficient (Wildman–Crippen LogP) is 23.5. The molecule has 0 atom stereocenters. The Morgan fingerprint density at radius 1 is 0.275 bits per heavy atom. The number of hydrogen-bond acceptors (Lipinski definition) is 11. The fraction of sp³-hybridized carbons (Fsp3) is 0.0566. The Morgan fingerprint density at radius 3 is 1.16 bits per heavy atom. The lowest BCUT2D eigenvalue weighted by Crippen LogP contribution is -2.65. The first-order valence-electron chi connectivity index (χ1n) is 41.4. The molecule has 0 unspecified atom stereocenters. The first-order valence-corrected chi connectivity index (χ1v) is 43.0. The number of anilines is 20. The fourth-order valence-corrected chi connectivity index (χ4v) is 23.3. The highest BCUT2D eigenvalue weighted by molar-refractivity contribution is 7.34. The SMILES string of the molecule is Cc1cc(C)c(N2c3cc4c(cc3B3c5cc6c(cc5Oc5cc(N(c7ccccc7)c7ccccc7)cc2c53)N(c2c(C)cc(C)cc2C)c2cc(N(c3ccccc3)c3ccccc3)cc3c2B6c2sc5ccccc5c2O3)B2c3sc5ccccc5c3N(c3ccccc3)c3cc(N(c5ccccc5)c5ccccc5)cc(c32)N4)c(C)c1. The largest absolute Gasteiger partial charge is 0.458 e. The van der Waals surface area contributed by atoms with Crippen molar-refractivity contribution in [2.45, 2.75) is 41.5 Å². The van der Waals surface area contributed by atoms with Gasteiger partial charge in [0.25, 0.3) is 20.1 Å². The highest BCUT2D eigenvalue weighted by Gasteiger charge is 2.52. The summed E-state index contributed by atoms with van der Waals surface area (Å²) in [4.78, 5) is 15.0. The van der Waals surface area contributed by atoms with Crippen LogP contribution in [0.15, 0.2) is 346 Å². The van der Waals surface area contributed by atoms with E-state index in [0.717, 1.165) is 153 Å². The molecule has 568 valence electrons. The Bertz CT molecular complexity index is 7110. The van der Waals surface area contributed by atoms with Crippen molar-refractivity contribution >= 4 is 225 Å². The van der Waals surface area contributed by atoms with Crippen molar-refractivity contribution in [2.75, 3.05) is 34.7 Å². The zero-order valence-electron chi connectivity index (χ0n) is 67.0. The average molecular weight is 1580 g/mol. The molecule has 18 aromatic rings. The number of aryl methyl sites for hydroxylation is 6. The summed E-state index contributed by atoms with van der Waals surface area (Å²) < 4.78 is 20.8. The van der Waals surface area contributed by atoms with Gasteiger partial charge in [-0.2, -0.15) is 0 Å². The van der Waals surface area contributed by atoms with Crippen molar-refractivity contribution in [3.63, 3.8) is 0 Å². The molecule has 0 amide bonds. The van der Waals surface area contributed by atoms with Crippen LogP contribution < -0.4 is 92.0 Å². The molecule has 6 aliphatic heterocycles. The van der Waals surface area contributed by atoms with Gasteiger partial charge in [-0.1, -0.05) is 205 Å². The topological polar surface area (TPSA) is 49.9 Å². The van der Waals surface area contributed by atoms with Gasteiger partial charge in [-0.25, -0.2) is 0 Å². The summed E-state index contributed by atoms with van der Waals surface area (Å²) in [5.74, 6) is 3.33. The van der Waals surface area contributed by atoms with Crippen LogP contribution in [-0.2, 0) is 0 Å². The second kappa shape index (κ2) is 27.2. The van der Waals surface area contributed by atoms with Crippen molar-refractivity contribution in [1.82, 2.24) is 0 Å². The standard InChI is InChI=1S/C106H76B3N7O2S2/c1-64-50-66(3)101(67(4)51-64)115-88-62-86-82(108-98-87(110-86)54-77(111(70-32-14-7-15-33-70)71-34-16-8-17-35-71)55-90(98)114(76-44-26-13-27-45-76)103-80-46-28-30-48-96(80)119-105(103)108)60-83(88)107-85-61-84-89(63-93(85)117-94-58-78(56-91(115)99(94)107)112(72-36-18-9-19-37-72)73-38-20-10-21-39-73)116(102-68(5)52-65(2)53-69(102)6)92-57-79(113(74-40-22-11-23-41-74)75-42-24-12-25-43-75)59-95-100(92)109(84)106-104(118-95)81-47-29-31-49-97(81)120-106/h7-63,110H,1-6H3. The Hall–Kier alpha value is -14.2. The maximum atomic E-state index is 8.21. The van der Waals surface area contributed by atoms with Gasteiger partial charge in [0.05, 0.1) is 34.1 Å². The number of ether oxygens (including phenoxy) is 2. The quantitative estimate of drug-likeness (QED) is 0.121. The zero-order chi connectivity index (χ0) is 79.9. The van der Waals surface area contributed by atoms with Gasteiger partial charge < -0.3 is 44.2 Å². The monoisotopic (exact) mass is 1580 g/mol. The van der Waals surface area contributed by atoms with E-state index in [4.69, 9.17) is 9.47 Å². The molecule has 0 spiro atoms. The van der Waals surface area contributed by atoms with E-state index < -0.39 is 0 Å². The fourth-order valence-electron chi connectivity index (χ4n) is 20.7. The van der Waals surface area contributed by atoms with E-state index in [1.54, 1.807) is 0 Å². The molecule has 16 aromatic carbocycles. The van der Waals surface area contributed by atoms with Crippen molar-refractivity contribution in [3.05, 3.63) is 379 Å². The highest BCUT2D eigenvalue weighted by atomic mass is 32.1. The van der Waals surface area contributed by atoms with E-state index in [-0.39, 0.29) is 20.1 Å². The van der Waals surface area contributed by atoms with Crippen LogP contribution in [0.5, 0.6) is 23.0 Å². The van der Waals surface area contributed by atoms with Gasteiger partial charge in [-0.15, -0.1) is 22.7 Å². The summed E-state index contributed by atoms with van der Waals surface area (Å²) in [5.41, 5.74) is 36.6. The number of nitrogens with one attached hydrogen (secondary N) is 1. The molecule has 0 fully saturated rings. The van der Waals surface area contributed by atoms with E-state index in [0.29, 0.717) is 0 Å². The number of para-hydroxylation sites is 7. The highest BCUT2D eigenvalue weighted by Crippen LogP contribution is 2.55. The third-order valence-electron chi connectivity index (χ3n) is 25.2. The van der Waals surface area contributed by atoms with Gasteiger partial charge in [-0.3, -0.25) is 0 Å². The minimum Gasteiger partial charge on any atom is -0.458 e. The number of nitrogens with zero attached hydrogens (tertiary/aromatic N) is 6. The Kier molecular flexibility index (Phi) is 15.9. The lowest BCUT2D eigenvalue weighted by molar-refractivity contribution is 0.488. The van der Waals surface area contributed by atoms with Crippen LogP contribution in [0.25, 0.3) is 20.2 Å². The van der Waals surface area contributed by atoms with Crippen LogP contribution in [-0.4, -0.2) is 20.1 Å². The van der Waals surface area contributed by atoms with Crippen LogP contribution in [0.3, 0.4) is 0 Å². The number of thiophene rings is 2.